The number of nitrogens with zero attached hydrogens (tertiary/aromatic N) is 4. The molecule has 1 spiro atoms. The number of carbonyl (C=O) groups excluding carboxylic acids is 2. The van der Waals surface area contributed by atoms with Crippen molar-refractivity contribution in [2.24, 2.45) is 17.1 Å². The van der Waals surface area contributed by atoms with Crippen LogP contribution in [0.5, 0.6) is 0 Å². The topological polar surface area (TPSA) is 106 Å². The number of hydrogen-bond donors (Lipinski definition) is 2. The minimum Gasteiger partial charge on any atom is -0.370 e. The maximum absolute atomic E-state index is 12.3. The molecule has 8 nitrogen and oxygen atoms in total. The number of fused-ring (bicyclic) bond motifs is 1. The molecule has 1 saturated heterocycles. The fraction of sp³-hybridized carbons (Fsp3) is 0.556. The number of aromatic nitrogens is 3. The molecule has 2 fully saturated rings. The van der Waals surface area contributed by atoms with Gasteiger partial charge in [0.25, 0.3) is 0 Å². The summed E-state index contributed by atoms with van der Waals surface area (Å²) in [5.41, 5.74) is 6.53. The van der Waals surface area contributed by atoms with E-state index in [9.17, 15) is 9.59 Å². The van der Waals surface area contributed by atoms with E-state index < -0.39 is 11.8 Å². The van der Waals surface area contributed by atoms with Crippen LogP contribution in [0.1, 0.15) is 32.6 Å². The predicted molar refractivity (Wildman–Crippen MR) is 96.4 cm³/mol. The number of nitrogens with two attached hydrogens (primary N) is 1. The average Bonchev–Trinajstić information content (AvgIpc) is 3.04. The number of rotatable bonds is 6. The van der Waals surface area contributed by atoms with Gasteiger partial charge in [0.2, 0.25) is 11.8 Å². The van der Waals surface area contributed by atoms with Crippen LogP contribution in [-0.4, -0.2) is 45.5 Å². The Kier molecular flexibility index (Phi) is 4.05. The maximum atomic E-state index is 12.3. The molecule has 4 rings (SSSR count). The molecule has 0 aromatic carbocycles. The molecule has 0 radical (unpaired) electrons. The third-order valence-electron chi connectivity index (χ3n) is 5.62. The van der Waals surface area contributed by atoms with E-state index in [4.69, 9.17) is 5.73 Å². The van der Waals surface area contributed by atoms with Crippen molar-refractivity contribution in [3.8, 4) is 0 Å². The standard InChI is InChI=1S/C18H24N6O2/c1-12(7-15(19)25)17(26)20-9-13-8-18(4-5-18)10-23(13)16-14-3-2-6-24(14)22-11-21-16/h2-3,6,11-13H,4-5,7-10H2,1H3,(H2,19,25)(H,20,26). The fourth-order valence-electron chi connectivity index (χ4n) is 3.99. The predicted octanol–water partition coefficient (Wildman–Crippen LogP) is 0.716. The van der Waals surface area contributed by atoms with E-state index in [2.05, 4.69) is 20.3 Å². The Balaban J connectivity index is 1.50. The normalized spacial score (nSPS) is 21.9. The van der Waals surface area contributed by atoms with Gasteiger partial charge >= 0.3 is 0 Å². The van der Waals surface area contributed by atoms with Crippen LogP contribution in [0.3, 0.4) is 0 Å². The Morgan fingerprint density at radius 2 is 2.27 bits per heavy atom. The quantitative estimate of drug-likeness (QED) is 0.793. The highest BCUT2D eigenvalue weighted by Gasteiger charge is 2.52. The molecule has 3 N–H and O–H groups in total. The molecule has 2 aliphatic rings. The summed E-state index contributed by atoms with van der Waals surface area (Å²) >= 11 is 0. The van der Waals surface area contributed by atoms with E-state index in [-0.39, 0.29) is 18.4 Å². The Hall–Kier alpha value is -2.64. The van der Waals surface area contributed by atoms with Gasteiger partial charge in [-0.3, -0.25) is 9.59 Å². The average molecular weight is 356 g/mol. The van der Waals surface area contributed by atoms with Crippen molar-refractivity contribution >= 4 is 23.1 Å². The van der Waals surface area contributed by atoms with E-state index in [1.165, 1.54) is 12.8 Å². The first-order valence-electron chi connectivity index (χ1n) is 9.08. The van der Waals surface area contributed by atoms with Crippen LogP contribution < -0.4 is 16.0 Å². The summed E-state index contributed by atoms with van der Waals surface area (Å²) in [5, 5.41) is 7.24. The van der Waals surface area contributed by atoms with Gasteiger partial charge in [0.1, 0.15) is 11.8 Å². The van der Waals surface area contributed by atoms with Gasteiger partial charge in [0.15, 0.2) is 5.82 Å². The summed E-state index contributed by atoms with van der Waals surface area (Å²) in [7, 11) is 0. The van der Waals surface area contributed by atoms with Crippen molar-refractivity contribution in [2.75, 3.05) is 18.0 Å². The highest BCUT2D eigenvalue weighted by atomic mass is 16.2. The number of nitrogens with one attached hydrogen (secondary N) is 1. The van der Waals surface area contributed by atoms with Gasteiger partial charge in [0, 0.05) is 37.7 Å². The van der Waals surface area contributed by atoms with Gasteiger partial charge in [-0.05, 0) is 36.8 Å². The SMILES string of the molecule is CC(CC(N)=O)C(=O)NCC1CC2(CC2)CN1c1ncnn2cccc12. The Labute approximate surface area is 151 Å². The molecule has 1 saturated carbocycles. The molecular weight excluding hydrogens is 332 g/mol. The van der Waals surface area contributed by atoms with E-state index in [0.717, 1.165) is 24.3 Å². The number of carbonyl (C=O) groups is 2. The van der Waals surface area contributed by atoms with Gasteiger partial charge in [-0.2, -0.15) is 5.10 Å². The molecule has 1 aliphatic carbocycles. The molecule has 2 atom stereocenters. The summed E-state index contributed by atoms with van der Waals surface area (Å²) in [5.74, 6) is -0.0773. The number of amides is 2. The molecule has 8 heteroatoms. The monoisotopic (exact) mass is 356 g/mol. The van der Waals surface area contributed by atoms with Crippen LogP contribution in [0, 0.1) is 11.3 Å². The van der Waals surface area contributed by atoms with Crippen LogP contribution in [0.4, 0.5) is 5.82 Å². The third-order valence-corrected chi connectivity index (χ3v) is 5.62. The smallest absolute Gasteiger partial charge is 0.223 e. The van der Waals surface area contributed by atoms with Crippen LogP contribution in [-0.2, 0) is 9.59 Å². The van der Waals surface area contributed by atoms with Crippen molar-refractivity contribution in [1.29, 1.82) is 0 Å². The molecule has 3 heterocycles. The number of anilines is 1. The van der Waals surface area contributed by atoms with Crippen molar-refractivity contribution in [3.05, 3.63) is 24.7 Å². The lowest BCUT2D eigenvalue weighted by Gasteiger charge is -2.26. The van der Waals surface area contributed by atoms with Crippen LogP contribution >= 0.6 is 0 Å². The first kappa shape index (κ1) is 16.8. The second-order valence-electron chi connectivity index (χ2n) is 7.72. The first-order chi connectivity index (χ1) is 12.5. The Morgan fingerprint density at radius 3 is 3.00 bits per heavy atom. The van der Waals surface area contributed by atoms with Crippen LogP contribution in [0.2, 0.25) is 0 Å². The fourth-order valence-corrected chi connectivity index (χ4v) is 3.99. The zero-order chi connectivity index (χ0) is 18.3. The van der Waals surface area contributed by atoms with Crippen molar-refractivity contribution in [3.63, 3.8) is 0 Å². The summed E-state index contributed by atoms with van der Waals surface area (Å²) in [6.07, 6.45) is 7.06. The Morgan fingerprint density at radius 1 is 1.46 bits per heavy atom. The minimum absolute atomic E-state index is 0.0703. The summed E-state index contributed by atoms with van der Waals surface area (Å²) < 4.78 is 1.82. The summed E-state index contributed by atoms with van der Waals surface area (Å²) in [6.45, 7) is 3.23. The Bertz CT molecular complexity index is 843. The van der Waals surface area contributed by atoms with Gasteiger partial charge in [-0.15, -0.1) is 0 Å². The molecule has 1 aliphatic heterocycles. The molecule has 26 heavy (non-hydrogen) atoms. The molecular formula is C18H24N6O2. The van der Waals surface area contributed by atoms with Gasteiger partial charge in [-0.1, -0.05) is 6.92 Å². The van der Waals surface area contributed by atoms with E-state index >= 15 is 0 Å². The maximum Gasteiger partial charge on any atom is 0.223 e. The number of hydrogen-bond acceptors (Lipinski definition) is 5. The lowest BCUT2D eigenvalue weighted by atomic mass is 10.0. The van der Waals surface area contributed by atoms with Crippen molar-refractivity contribution in [2.45, 2.75) is 38.6 Å². The van der Waals surface area contributed by atoms with Gasteiger partial charge in [-0.25, -0.2) is 9.50 Å². The largest absolute Gasteiger partial charge is 0.370 e. The van der Waals surface area contributed by atoms with Gasteiger partial charge < -0.3 is 16.0 Å². The lowest BCUT2D eigenvalue weighted by Crippen LogP contribution is -2.42. The molecule has 2 unspecified atom stereocenters. The summed E-state index contributed by atoms with van der Waals surface area (Å²) in [6, 6.07) is 4.16. The van der Waals surface area contributed by atoms with Crippen LogP contribution in [0.15, 0.2) is 24.7 Å². The highest BCUT2D eigenvalue weighted by molar-refractivity contribution is 5.84. The molecule has 2 aromatic heterocycles. The van der Waals surface area contributed by atoms with E-state index in [0.29, 0.717) is 12.0 Å². The third kappa shape index (κ3) is 3.11. The number of primary amides is 1. The zero-order valence-corrected chi connectivity index (χ0v) is 14.9. The zero-order valence-electron chi connectivity index (χ0n) is 14.9. The molecule has 138 valence electrons. The first-order valence-corrected chi connectivity index (χ1v) is 9.08. The second kappa shape index (κ2) is 6.26. The summed E-state index contributed by atoms with van der Waals surface area (Å²) in [4.78, 5) is 30.1. The molecule has 2 amide bonds. The minimum atomic E-state index is -0.455. The molecule has 2 aromatic rings. The molecule has 0 bridgehead atoms. The lowest BCUT2D eigenvalue weighted by molar-refractivity contribution is -0.128. The van der Waals surface area contributed by atoms with E-state index in [1.54, 1.807) is 13.3 Å². The van der Waals surface area contributed by atoms with Crippen molar-refractivity contribution < 1.29 is 9.59 Å². The van der Waals surface area contributed by atoms with Crippen molar-refractivity contribution in [1.82, 2.24) is 19.9 Å². The van der Waals surface area contributed by atoms with E-state index in [1.807, 2.05) is 22.8 Å². The van der Waals surface area contributed by atoms with Crippen LogP contribution in [0.25, 0.3) is 5.52 Å². The second-order valence-corrected chi connectivity index (χ2v) is 7.72. The van der Waals surface area contributed by atoms with Gasteiger partial charge in [0.05, 0.1) is 0 Å². The highest BCUT2D eigenvalue weighted by Crippen LogP contribution is 2.55.